The standard InChI is InChI=1S/C20H18N2O5S/c1-20(2)13-6-17(24)18(28(25,26)27)8-15(13)22-19-11-4-3-10(9-21)5-12(11)16(23)7-14(19)20/h3-8,24H,9,21H2,1-2H3,(H,25,26,27)/p+1. The lowest BCUT2D eigenvalue weighted by Gasteiger charge is -2.37. The van der Waals surface area contributed by atoms with Crippen LogP contribution in [0.2, 0.25) is 0 Å². The Hall–Kier alpha value is -2.81. The largest absolute Gasteiger partial charge is 0.506 e. The Morgan fingerprint density at radius 2 is 1.86 bits per heavy atom. The van der Waals surface area contributed by atoms with Crippen molar-refractivity contribution in [1.29, 1.82) is 0 Å². The van der Waals surface area contributed by atoms with Gasteiger partial charge >= 0.3 is 0 Å². The Morgan fingerprint density at radius 1 is 1.14 bits per heavy atom. The summed E-state index contributed by atoms with van der Waals surface area (Å²) in [6.07, 6.45) is 1.55. The molecule has 5 N–H and O–H groups in total. The molecule has 0 atom stereocenters. The smallest absolute Gasteiger partial charge is 0.298 e. The molecule has 144 valence electrons. The van der Waals surface area contributed by atoms with Gasteiger partial charge in [-0.2, -0.15) is 8.42 Å². The van der Waals surface area contributed by atoms with Gasteiger partial charge < -0.3 is 10.8 Å². The van der Waals surface area contributed by atoms with E-state index in [9.17, 15) is 22.9 Å². The zero-order valence-electron chi connectivity index (χ0n) is 15.4. The van der Waals surface area contributed by atoms with Gasteiger partial charge in [0.1, 0.15) is 10.6 Å². The Morgan fingerprint density at radius 3 is 2.50 bits per heavy atom. The van der Waals surface area contributed by atoms with Gasteiger partial charge in [-0.05, 0) is 35.4 Å². The highest BCUT2D eigenvalue weighted by molar-refractivity contribution is 7.86. The van der Waals surface area contributed by atoms with Gasteiger partial charge in [0.2, 0.25) is 0 Å². The third-order valence-corrected chi connectivity index (χ3v) is 6.24. The fourth-order valence-electron chi connectivity index (χ4n) is 3.80. The molecule has 1 aliphatic heterocycles. The van der Waals surface area contributed by atoms with Crippen LogP contribution in [0.1, 0.15) is 40.9 Å². The molecular weight excluding hydrogens is 380 g/mol. The molecule has 0 bridgehead atoms. The number of ketones is 1. The molecule has 1 heterocycles. The highest BCUT2D eigenvalue weighted by Gasteiger charge is 2.40. The summed E-state index contributed by atoms with van der Waals surface area (Å²) < 4.78 is 32.5. The Labute approximate surface area is 162 Å². The van der Waals surface area contributed by atoms with Gasteiger partial charge in [0.05, 0.1) is 17.9 Å². The third kappa shape index (κ3) is 2.61. The number of hydrogen-bond acceptors (Lipinski definition) is 5. The quantitative estimate of drug-likeness (QED) is 0.664. The molecule has 7 nitrogen and oxygen atoms in total. The first kappa shape index (κ1) is 18.5. The van der Waals surface area contributed by atoms with E-state index in [4.69, 9.17) is 0 Å². The number of phenolic OH excluding ortho intramolecular Hbond substituents is 1. The zero-order chi connectivity index (χ0) is 20.4. The predicted molar refractivity (Wildman–Crippen MR) is 103 cm³/mol. The lowest BCUT2D eigenvalue weighted by molar-refractivity contribution is -0.386. The summed E-state index contributed by atoms with van der Waals surface area (Å²) in [7, 11) is -4.61. The number of allylic oxidation sites excluding steroid dienone is 2. The van der Waals surface area contributed by atoms with Gasteiger partial charge in [0, 0.05) is 22.1 Å². The van der Waals surface area contributed by atoms with Crippen LogP contribution < -0.4 is 5.73 Å². The summed E-state index contributed by atoms with van der Waals surface area (Å²) in [5.41, 5.74) is 7.42. The first-order valence-electron chi connectivity index (χ1n) is 8.67. The minimum atomic E-state index is -4.61. The molecule has 28 heavy (non-hydrogen) atoms. The van der Waals surface area contributed by atoms with Crippen molar-refractivity contribution in [3.8, 4) is 5.75 Å². The molecule has 0 saturated carbocycles. The molecule has 0 aromatic heterocycles. The van der Waals surface area contributed by atoms with Crippen molar-refractivity contribution in [3.05, 3.63) is 64.2 Å². The van der Waals surface area contributed by atoms with Crippen LogP contribution in [0.3, 0.4) is 0 Å². The maximum Gasteiger partial charge on any atom is 0.298 e. The monoisotopic (exact) mass is 399 g/mol. The Bertz CT molecular complexity index is 1220. The summed E-state index contributed by atoms with van der Waals surface area (Å²) in [6.45, 7) is 4.30. The summed E-state index contributed by atoms with van der Waals surface area (Å²) in [6, 6.07) is 7.94. The van der Waals surface area contributed by atoms with E-state index in [0.29, 0.717) is 40.2 Å². The number of quaternary nitrogens is 1. The minimum absolute atomic E-state index is 0.130. The molecule has 2 aromatic carbocycles. The average molecular weight is 399 g/mol. The van der Waals surface area contributed by atoms with Gasteiger partial charge in [-0.25, -0.2) is 4.99 Å². The van der Waals surface area contributed by atoms with Crippen molar-refractivity contribution >= 4 is 27.3 Å². The minimum Gasteiger partial charge on any atom is -0.506 e. The lowest BCUT2D eigenvalue weighted by atomic mass is 9.69. The van der Waals surface area contributed by atoms with Crippen molar-refractivity contribution in [2.24, 2.45) is 4.99 Å². The number of fused-ring (bicyclic) bond motifs is 4. The van der Waals surface area contributed by atoms with Crippen LogP contribution >= 0.6 is 0 Å². The average Bonchev–Trinajstić information content (AvgIpc) is 2.62. The van der Waals surface area contributed by atoms with Crippen LogP contribution in [0.5, 0.6) is 5.75 Å². The highest BCUT2D eigenvalue weighted by atomic mass is 32.2. The normalized spacial score (nSPS) is 17.2. The number of aromatic hydroxyl groups is 1. The number of carbonyl (C=O) groups excluding carboxylic acids is 1. The SMILES string of the molecule is CC1(C)C2=CC(=O)c3cc(C[NH3+])ccc3C2=Nc2cc(S(=O)(=O)O)c(O)cc21. The Kier molecular flexibility index (Phi) is 3.87. The fourth-order valence-corrected chi connectivity index (χ4v) is 4.38. The fraction of sp³-hybridized carbons (Fsp3) is 0.200. The number of carbonyl (C=O) groups is 1. The van der Waals surface area contributed by atoms with E-state index in [1.165, 1.54) is 6.07 Å². The predicted octanol–water partition coefficient (Wildman–Crippen LogP) is 1.92. The van der Waals surface area contributed by atoms with Gasteiger partial charge in [-0.3, -0.25) is 9.35 Å². The van der Waals surface area contributed by atoms with Crippen molar-refractivity contribution < 1.29 is 28.6 Å². The molecule has 0 amide bonds. The van der Waals surface area contributed by atoms with Gasteiger partial charge in [-0.15, -0.1) is 0 Å². The molecule has 4 rings (SSSR count). The van der Waals surface area contributed by atoms with Gasteiger partial charge in [-0.1, -0.05) is 26.0 Å². The van der Waals surface area contributed by atoms with Gasteiger partial charge in [0.15, 0.2) is 5.78 Å². The molecule has 0 fully saturated rings. The molecule has 1 aliphatic carbocycles. The van der Waals surface area contributed by atoms with Crippen LogP contribution in [-0.2, 0) is 22.1 Å². The molecule has 2 aliphatic rings. The van der Waals surface area contributed by atoms with Crippen LogP contribution in [0, 0.1) is 0 Å². The maximum absolute atomic E-state index is 12.7. The van der Waals surface area contributed by atoms with E-state index < -0.39 is 26.2 Å². The van der Waals surface area contributed by atoms with Gasteiger partial charge in [0.25, 0.3) is 10.1 Å². The van der Waals surface area contributed by atoms with E-state index in [2.05, 4.69) is 10.7 Å². The van der Waals surface area contributed by atoms with Crippen molar-refractivity contribution in [2.45, 2.75) is 30.7 Å². The van der Waals surface area contributed by atoms with E-state index in [0.717, 1.165) is 11.6 Å². The highest BCUT2D eigenvalue weighted by Crippen LogP contribution is 2.48. The second-order valence-corrected chi connectivity index (χ2v) is 8.84. The van der Waals surface area contributed by atoms with Crippen LogP contribution in [0.15, 0.2) is 51.9 Å². The van der Waals surface area contributed by atoms with Crippen LogP contribution in [-0.4, -0.2) is 29.6 Å². The molecule has 8 heteroatoms. The lowest BCUT2D eigenvalue weighted by Crippen LogP contribution is -2.47. The second-order valence-electron chi connectivity index (χ2n) is 7.45. The molecule has 2 aromatic rings. The summed E-state index contributed by atoms with van der Waals surface area (Å²) >= 11 is 0. The molecule has 0 unspecified atom stereocenters. The zero-order valence-corrected chi connectivity index (χ0v) is 16.2. The first-order valence-corrected chi connectivity index (χ1v) is 10.1. The molecule has 0 spiro atoms. The van der Waals surface area contributed by atoms with Crippen molar-refractivity contribution in [2.75, 3.05) is 0 Å². The van der Waals surface area contributed by atoms with E-state index >= 15 is 0 Å². The van der Waals surface area contributed by atoms with Crippen LogP contribution in [0.25, 0.3) is 0 Å². The number of benzene rings is 2. The summed E-state index contributed by atoms with van der Waals surface area (Å²) in [5.74, 6) is -0.689. The number of aliphatic imine (C=N–C) groups is 1. The Balaban J connectivity index is 2.04. The van der Waals surface area contributed by atoms with Crippen molar-refractivity contribution in [3.63, 3.8) is 0 Å². The van der Waals surface area contributed by atoms with E-state index in [1.54, 1.807) is 12.1 Å². The maximum atomic E-state index is 12.7. The number of phenols is 1. The number of rotatable bonds is 2. The third-order valence-electron chi connectivity index (χ3n) is 5.36. The van der Waals surface area contributed by atoms with E-state index in [-0.39, 0.29) is 5.78 Å². The van der Waals surface area contributed by atoms with Crippen LogP contribution in [0.4, 0.5) is 5.69 Å². The number of hydrogen-bond donors (Lipinski definition) is 3. The topological polar surface area (TPSA) is 132 Å². The summed E-state index contributed by atoms with van der Waals surface area (Å²) in [4.78, 5) is 16.8. The molecule has 0 saturated heterocycles. The number of nitrogens with zero attached hydrogens (tertiary/aromatic N) is 1. The second kappa shape index (κ2) is 5.84. The van der Waals surface area contributed by atoms with E-state index in [1.807, 2.05) is 26.0 Å². The molecular formula is C20H19N2O5S+. The first-order chi connectivity index (χ1) is 13.0. The molecule has 0 radical (unpaired) electrons. The summed E-state index contributed by atoms with van der Waals surface area (Å²) in [5, 5.41) is 10.1. The van der Waals surface area contributed by atoms with Crippen molar-refractivity contribution in [1.82, 2.24) is 0 Å².